The summed E-state index contributed by atoms with van der Waals surface area (Å²) in [6.45, 7) is 3.64. The molecule has 1 saturated carbocycles. The van der Waals surface area contributed by atoms with Crippen molar-refractivity contribution in [1.82, 2.24) is 20.3 Å². The highest BCUT2D eigenvalue weighted by atomic mass is 32.2. The van der Waals surface area contributed by atoms with Gasteiger partial charge >= 0.3 is 6.03 Å². The van der Waals surface area contributed by atoms with Crippen LogP contribution in [0.1, 0.15) is 51.5 Å². The molecule has 1 saturated heterocycles. The molecule has 1 heterocycles. The number of benzene rings is 1. The van der Waals surface area contributed by atoms with Gasteiger partial charge in [0.15, 0.2) is 0 Å². The Morgan fingerprint density at radius 1 is 1.23 bits per heavy atom. The Labute approximate surface area is 176 Å². The van der Waals surface area contributed by atoms with Crippen molar-refractivity contribution >= 4 is 27.9 Å². The van der Waals surface area contributed by atoms with Gasteiger partial charge in [-0.05, 0) is 44.4 Å². The number of urea groups is 1. The molecule has 1 spiro atoms. The van der Waals surface area contributed by atoms with Gasteiger partial charge in [-0.1, -0.05) is 25.0 Å². The zero-order chi connectivity index (χ0) is 21.9. The van der Waals surface area contributed by atoms with Gasteiger partial charge in [-0.25, -0.2) is 17.9 Å². The molecule has 0 bridgehead atoms. The number of imide groups is 1. The number of hydrogen-bond donors (Lipinski definition) is 3. The van der Waals surface area contributed by atoms with E-state index in [0.29, 0.717) is 18.4 Å². The van der Waals surface area contributed by atoms with Gasteiger partial charge < -0.3 is 10.6 Å². The topological polar surface area (TPSA) is 125 Å². The van der Waals surface area contributed by atoms with Crippen molar-refractivity contribution < 1.29 is 22.8 Å². The summed E-state index contributed by atoms with van der Waals surface area (Å²) >= 11 is 0. The lowest BCUT2D eigenvalue weighted by Gasteiger charge is -2.19. The smallest absolute Gasteiger partial charge is 0.325 e. The van der Waals surface area contributed by atoms with Crippen molar-refractivity contribution in [3.05, 3.63) is 29.8 Å². The van der Waals surface area contributed by atoms with E-state index in [1.165, 1.54) is 12.1 Å². The Morgan fingerprint density at radius 3 is 2.60 bits per heavy atom. The van der Waals surface area contributed by atoms with Crippen molar-refractivity contribution in [3.63, 3.8) is 0 Å². The fourth-order valence-corrected chi connectivity index (χ4v) is 5.22. The highest BCUT2D eigenvalue weighted by molar-refractivity contribution is 7.89. The SMILES string of the molecule is CC(C)NS(=O)(=O)c1cccc(CNC(=O)CCN2C(=O)NC3(CCCC3)C2=O)c1. The molecule has 164 valence electrons. The van der Waals surface area contributed by atoms with Crippen molar-refractivity contribution in [3.8, 4) is 0 Å². The molecule has 10 heteroatoms. The molecule has 3 rings (SSSR count). The minimum Gasteiger partial charge on any atom is -0.352 e. The largest absolute Gasteiger partial charge is 0.352 e. The first-order valence-electron chi connectivity index (χ1n) is 10.1. The number of rotatable bonds is 8. The zero-order valence-corrected chi connectivity index (χ0v) is 18.0. The van der Waals surface area contributed by atoms with Gasteiger partial charge in [-0.15, -0.1) is 0 Å². The highest BCUT2D eigenvalue weighted by Gasteiger charge is 2.52. The summed E-state index contributed by atoms with van der Waals surface area (Å²) < 4.78 is 27.1. The second-order valence-electron chi connectivity index (χ2n) is 8.13. The number of carbonyl (C=O) groups is 3. The Balaban J connectivity index is 1.52. The molecule has 0 aromatic heterocycles. The van der Waals surface area contributed by atoms with Crippen LogP contribution in [0.2, 0.25) is 0 Å². The molecular weight excluding hydrogens is 408 g/mol. The summed E-state index contributed by atoms with van der Waals surface area (Å²) in [5.74, 6) is -0.565. The molecule has 2 aliphatic rings. The van der Waals surface area contributed by atoms with E-state index in [-0.39, 0.29) is 42.3 Å². The van der Waals surface area contributed by atoms with E-state index in [0.717, 1.165) is 17.7 Å². The normalized spacial score (nSPS) is 18.3. The summed E-state index contributed by atoms with van der Waals surface area (Å²) in [7, 11) is -3.62. The molecular formula is C20H28N4O5S. The van der Waals surface area contributed by atoms with Crippen LogP contribution in [-0.4, -0.2) is 49.3 Å². The molecule has 4 amide bonds. The molecule has 2 fully saturated rings. The third-order valence-corrected chi connectivity index (χ3v) is 7.01. The highest BCUT2D eigenvalue weighted by Crippen LogP contribution is 2.35. The van der Waals surface area contributed by atoms with E-state index in [9.17, 15) is 22.8 Å². The molecule has 0 radical (unpaired) electrons. The van der Waals surface area contributed by atoms with E-state index >= 15 is 0 Å². The Kier molecular flexibility index (Phi) is 6.47. The maximum atomic E-state index is 12.6. The fraction of sp³-hybridized carbons (Fsp3) is 0.550. The second kappa shape index (κ2) is 8.73. The van der Waals surface area contributed by atoms with Crippen molar-refractivity contribution in [2.45, 2.75) is 69.0 Å². The molecule has 1 aromatic carbocycles. The zero-order valence-electron chi connectivity index (χ0n) is 17.2. The van der Waals surface area contributed by atoms with Gasteiger partial charge in [0.05, 0.1) is 4.90 Å². The lowest BCUT2D eigenvalue weighted by Crippen LogP contribution is -2.44. The van der Waals surface area contributed by atoms with E-state index in [2.05, 4.69) is 15.4 Å². The van der Waals surface area contributed by atoms with E-state index in [1.54, 1.807) is 26.0 Å². The van der Waals surface area contributed by atoms with Crippen molar-refractivity contribution in [2.24, 2.45) is 0 Å². The molecule has 0 atom stereocenters. The third kappa shape index (κ3) is 4.81. The van der Waals surface area contributed by atoms with E-state index in [4.69, 9.17) is 0 Å². The number of nitrogens with one attached hydrogen (secondary N) is 3. The van der Waals surface area contributed by atoms with E-state index in [1.807, 2.05) is 0 Å². The first-order chi connectivity index (χ1) is 14.1. The first kappa shape index (κ1) is 22.2. The van der Waals surface area contributed by atoms with E-state index < -0.39 is 21.6 Å². The molecule has 3 N–H and O–H groups in total. The van der Waals surface area contributed by atoms with Gasteiger partial charge in [0.2, 0.25) is 15.9 Å². The first-order valence-corrected chi connectivity index (χ1v) is 11.6. The molecule has 9 nitrogen and oxygen atoms in total. The summed E-state index contributed by atoms with van der Waals surface area (Å²) in [6, 6.07) is 5.66. The van der Waals surface area contributed by atoms with Crippen LogP contribution in [0.4, 0.5) is 4.79 Å². The Bertz CT molecular complexity index is 938. The minimum atomic E-state index is -3.62. The number of nitrogens with zero attached hydrogens (tertiary/aromatic N) is 1. The molecule has 0 unspecified atom stereocenters. The maximum absolute atomic E-state index is 12.6. The molecule has 1 aliphatic heterocycles. The Hall–Kier alpha value is -2.46. The maximum Gasteiger partial charge on any atom is 0.325 e. The minimum absolute atomic E-state index is 0.0118. The number of amides is 4. The second-order valence-corrected chi connectivity index (χ2v) is 9.84. The van der Waals surface area contributed by atoms with Gasteiger partial charge in [-0.3, -0.25) is 14.5 Å². The lowest BCUT2D eigenvalue weighted by atomic mass is 9.98. The Morgan fingerprint density at radius 2 is 1.93 bits per heavy atom. The van der Waals surface area contributed by atoms with Crippen molar-refractivity contribution in [1.29, 1.82) is 0 Å². The van der Waals surface area contributed by atoms with Crippen LogP contribution in [0.15, 0.2) is 29.2 Å². The summed E-state index contributed by atoms with van der Waals surface area (Å²) in [6.07, 6.45) is 3.09. The fourth-order valence-electron chi connectivity index (χ4n) is 3.90. The molecule has 1 aliphatic carbocycles. The lowest BCUT2D eigenvalue weighted by molar-refractivity contribution is -0.131. The van der Waals surface area contributed by atoms with Crippen molar-refractivity contribution in [2.75, 3.05) is 6.54 Å². The van der Waals surface area contributed by atoms with Gasteiger partial charge in [0.1, 0.15) is 5.54 Å². The predicted molar refractivity (Wildman–Crippen MR) is 110 cm³/mol. The third-order valence-electron chi connectivity index (χ3n) is 5.35. The summed E-state index contributed by atoms with van der Waals surface area (Å²) in [4.78, 5) is 38.2. The molecule has 30 heavy (non-hydrogen) atoms. The average Bonchev–Trinajstić information content (AvgIpc) is 3.23. The summed E-state index contributed by atoms with van der Waals surface area (Å²) in [5.41, 5.74) is -0.140. The monoisotopic (exact) mass is 436 g/mol. The number of hydrogen-bond acceptors (Lipinski definition) is 5. The van der Waals surface area contributed by atoms with Gasteiger partial charge in [0.25, 0.3) is 5.91 Å². The number of sulfonamides is 1. The summed E-state index contributed by atoms with van der Waals surface area (Å²) in [5, 5.41) is 5.50. The number of carbonyl (C=O) groups excluding carboxylic acids is 3. The van der Waals surface area contributed by atoms with Crippen LogP contribution in [0.3, 0.4) is 0 Å². The standard InChI is InChI=1S/C20H28N4O5S/c1-14(2)23-30(28,29)16-7-5-6-15(12-16)13-21-17(25)8-11-24-18(26)20(22-19(24)27)9-3-4-10-20/h5-7,12,14,23H,3-4,8-11,13H2,1-2H3,(H,21,25)(H,22,27). The molecule has 1 aromatic rings. The van der Waals surface area contributed by atoms with Crippen LogP contribution in [0.5, 0.6) is 0 Å². The quantitative estimate of drug-likeness (QED) is 0.529. The van der Waals surface area contributed by atoms with Crippen LogP contribution >= 0.6 is 0 Å². The van der Waals surface area contributed by atoms with Gasteiger partial charge in [0, 0.05) is 25.6 Å². The predicted octanol–water partition coefficient (Wildman–Crippen LogP) is 1.24. The van der Waals surface area contributed by atoms with Gasteiger partial charge in [-0.2, -0.15) is 0 Å². The average molecular weight is 437 g/mol. The van der Waals surface area contributed by atoms with Crippen LogP contribution in [0.25, 0.3) is 0 Å². The van der Waals surface area contributed by atoms with Crippen LogP contribution in [0, 0.1) is 0 Å². The van der Waals surface area contributed by atoms with Crippen LogP contribution in [-0.2, 0) is 26.2 Å². The van der Waals surface area contributed by atoms with Crippen LogP contribution < -0.4 is 15.4 Å².